The predicted molar refractivity (Wildman–Crippen MR) is 78.8 cm³/mol. The molecule has 0 saturated heterocycles. The van der Waals surface area contributed by atoms with Gasteiger partial charge in [0.2, 0.25) is 5.95 Å². The zero-order valence-electron chi connectivity index (χ0n) is 11.0. The first-order valence-corrected chi connectivity index (χ1v) is 7.25. The van der Waals surface area contributed by atoms with Gasteiger partial charge in [-0.25, -0.2) is 4.52 Å². The SMILES string of the molecule is Cc1ccc2nc(NC(C)Cc3ccsc3)nn2c1. The molecule has 1 unspecified atom stereocenters. The van der Waals surface area contributed by atoms with Gasteiger partial charge < -0.3 is 5.32 Å². The molecule has 0 aliphatic carbocycles. The minimum absolute atomic E-state index is 0.313. The van der Waals surface area contributed by atoms with E-state index in [9.17, 15) is 0 Å². The second-order valence-electron chi connectivity index (χ2n) is 4.83. The molecule has 0 aromatic carbocycles. The molecule has 98 valence electrons. The molecule has 19 heavy (non-hydrogen) atoms. The molecule has 5 heteroatoms. The number of fused-ring (bicyclic) bond motifs is 1. The Kier molecular flexibility index (Phi) is 3.21. The first-order chi connectivity index (χ1) is 9.20. The molecule has 0 aliphatic rings. The van der Waals surface area contributed by atoms with Crippen LogP contribution in [0, 0.1) is 6.92 Å². The molecular formula is C14H16N4S. The van der Waals surface area contributed by atoms with E-state index in [0.29, 0.717) is 12.0 Å². The first kappa shape index (κ1) is 12.2. The zero-order valence-corrected chi connectivity index (χ0v) is 11.8. The third kappa shape index (κ3) is 2.76. The molecule has 0 saturated carbocycles. The van der Waals surface area contributed by atoms with E-state index in [4.69, 9.17) is 0 Å². The zero-order chi connectivity index (χ0) is 13.2. The van der Waals surface area contributed by atoms with Gasteiger partial charge in [-0.05, 0) is 54.3 Å². The van der Waals surface area contributed by atoms with Gasteiger partial charge in [-0.15, -0.1) is 5.10 Å². The molecule has 0 bridgehead atoms. The van der Waals surface area contributed by atoms with E-state index in [1.165, 1.54) is 11.1 Å². The first-order valence-electron chi connectivity index (χ1n) is 6.31. The number of aromatic nitrogens is 3. The van der Waals surface area contributed by atoms with E-state index < -0.39 is 0 Å². The number of rotatable bonds is 4. The third-order valence-electron chi connectivity index (χ3n) is 2.98. The number of aryl methyl sites for hydroxylation is 1. The van der Waals surface area contributed by atoms with Crippen molar-refractivity contribution in [2.45, 2.75) is 26.3 Å². The normalized spacial score (nSPS) is 12.7. The second-order valence-corrected chi connectivity index (χ2v) is 5.61. The van der Waals surface area contributed by atoms with Gasteiger partial charge >= 0.3 is 0 Å². The fraction of sp³-hybridized carbons (Fsp3) is 0.286. The molecule has 1 N–H and O–H groups in total. The van der Waals surface area contributed by atoms with E-state index in [2.05, 4.69) is 39.1 Å². The van der Waals surface area contributed by atoms with Crippen LogP contribution in [0.4, 0.5) is 5.95 Å². The van der Waals surface area contributed by atoms with E-state index in [0.717, 1.165) is 12.1 Å². The van der Waals surface area contributed by atoms with Gasteiger partial charge in [0.05, 0.1) is 0 Å². The van der Waals surface area contributed by atoms with Crippen molar-refractivity contribution in [3.8, 4) is 0 Å². The van der Waals surface area contributed by atoms with Crippen LogP contribution in [-0.2, 0) is 6.42 Å². The molecule has 0 spiro atoms. The monoisotopic (exact) mass is 272 g/mol. The molecule has 1 atom stereocenters. The maximum atomic E-state index is 4.47. The second kappa shape index (κ2) is 5.01. The number of hydrogen-bond donors (Lipinski definition) is 1. The molecule has 0 fully saturated rings. The van der Waals surface area contributed by atoms with Crippen LogP contribution in [0.3, 0.4) is 0 Å². The highest BCUT2D eigenvalue weighted by atomic mass is 32.1. The lowest BCUT2D eigenvalue weighted by Crippen LogP contribution is -2.18. The van der Waals surface area contributed by atoms with E-state index >= 15 is 0 Å². The van der Waals surface area contributed by atoms with Gasteiger partial charge in [0.25, 0.3) is 0 Å². The average Bonchev–Trinajstić information content (AvgIpc) is 2.97. The summed E-state index contributed by atoms with van der Waals surface area (Å²) in [5.74, 6) is 0.688. The predicted octanol–water partition coefficient (Wildman–Crippen LogP) is 3.14. The number of anilines is 1. The molecule has 4 nitrogen and oxygen atoms in total. The van der Waals surface area contributed by atoms with Gasteiger partial charge in [-0.2, -0.15) is 16.3 Å². The highest BCUT2D eigenvalue weighted by Gasteiger charge is 2.08. The topological polar surface area (TPSA) is 42.2 Å². The summed E-state index contributed by atoms with van der Waals surface area (Å²) in [7, 11) is 0. The Morgan fingerprint density at radius 2 is 2.26 bits per heavy atom. The summed E-state index contributed by atoms with van der Waals surface area (Å²) >= 11 is 1.73. The number of hydrogen-bond acceptors (Lipinski definition) is 4. The lowest BCUT2D eigenvalue weighted by atomic mass is 10.1. The number of thiophene rings is 1. The third-order valence-corrected chi connectivity index (χ3v) is 3.71. The van der Waals surface area contributed by atoms with Crippen molar-refractivity contribution in [3.63, 3.8) is 0 Å². The summed E-state index contributed by atoms with van der Waals surface area (Å²) in [6, 6.07) is 6.50. The molecule has 3 heterocycles. The quantitative estimate of drug-likeness (QED) is 0.793. The summed E-state index contributed by atoms with van der Waals surface area (Å²) in [5, 5.41) is 12.1. The maximum Gasteiger partial charge on any atom is 0.243 e. The van der Waals surface area contributed by atoms with Crippen molar-refractivity contribution < 1.29 is 0 Å². The van der Waals surface area contributed by atoms with Crippen LogP contribution < -0.4 is 5.32 Å². The highest BCUT2D eigenvalue weighted by Crippen LogP contribution is 2.12. The van der Waals surface area contributed by atoms with Crippen molar-refractivity contribution in [3.05, 3.63) is 46.3 Å². The summed E-state index contributed by atoms with van der Waals surface area (Å²) in [6.45, 7) is 4.20. The summed E-state index contributed by atoms with van der Waals surface area (Å²) in [5.41, 5.74) is 3.40. The molecular weight excluding hydrogens is 256 g/mol. The van der Waals surface area contributed by atoms with Gasteiger partial charge in [-0.3, -0.25) is 0 Å². The van der Waals surface area contributed by atoms with Crippen LogP contribution in [0.1, 0.15) is 18.1 Å². The van der Waals surface area contributed by atoms with E-state index in [1.807, 2.05) is 29.8 Å². The Balaban J connectivity index is 1.74. The molecule has 3 aromatic heterocycles. The average molecular weight is 272 g/mol. The molecule has 0 amide bonds. The summed E-state index contributed by atoms with van der Waals surface area (Å²) in [4.78, 5) is 4.47. The molecule has 0 aliphatic heterocycles. The smallest absolute Gasteiger partial charge is 0.243 e. The number of nitrogens with zero attached hydrogens (tertiary/aromatic N) is 3. The summed E-state index contributed by atoms with van der Waals surface area (Å²) in [6.07, 6.45) is 2.97. The van der Waals surface area contributed by atoms with Gasteiger partial charge in [0.15, 0.2) is 5.65 Å². The van der Waals surface area contributed by atoms with Crippen molar-refractivity contribution in [1.82, 2.24) is 14.6 Å². The lowest BCUT2D eigenvalue weighted by Gasteiger charge is -2.10. The van der Waals surface area contributed by atoms with Crippen LogP contribution in [0.15, 0.2) is 35.2 Å². The van der Waals surface area contributed by atoms with E-state index in [-0.39, 0.29) is 0 Å². The summed E-state index contributed by atoms with van der Waals surface area (Å²) < 4.78 is 1.81. The lowest BCUT2D eigenvalue weighted by molar-refractivity contribution is 0.777. The standard InChI is InChI=1S/C14H16N4S/c1-10-3-4-13-16-14(17-18(13)8-10)15-11(2)7-12-5-6-19-9-12/h3-6,8-9,11H,7H2,1-2H3,(H,15,17). The number of pyridine rings is 1. The fourth-order valence-corrected chi connectivity index (χ4v) is 2.76. The Morgan fingerprint density at radius 1 is 1.37 bits per heavy atom. The van der Waals surface area contributed by atoms with Crippen LogP contribution in [0.2, 0.25) is 0 Å². The Labute approximate surface area is 116 Å². The van der Waals surface area contributed by atoms with Crippen LogP contribution >= 0.6 is 11.3 Å². The fourth-order valence-electron chi connectivity index (χ4n) is 2.08. The van der Waals surface area contributed by atoms with Crippen molar-refractivity contribution in [2.75, 3.05) is 5.32 Å². The molecule has 3 rings (SSSR count). The maximum absolute atomic E-state index is 4.47. The van der Waals surface area contributed by atoms with Crippen LogP contribution in [0.5, 0.6) is 0 Å². The van der Waals surface area contributed by atoms with Gasteiger partial charge in [0.1, 0.15) is 0 Å². The van der Waals surface area contributed by atoms with Crippen LogP contribution in [-0.4, -0.2) is 20.6 Å². The Bertz CT molecular complexity index is 672. The highest BCUT2D eigenvalue weighted by molar-refractivity contribution is 7.07. The van der Waals surface area contributed by atoms with Gasteiger partial charge in [-0.1, -0.05) is 6.07 Å². The largest absolute Gasteiger partial charge is 0.350 e. The van der Waals surface area contributed by atoms with Crippen molar-refractivity contribution >= 4 is 22.9 Å². The molecule has 3 aromatic rings. The minimum Gasteiger partial charge on any atom is -0.350 e. The Hall–Kier alpha value is -1.88. The van der Waals surface area contributed by atoms with Crippen molar-refractivity contribution in [1.29, 1.82) is 0 Å². The Morgan fingerprint density at radius 3 is 3.05 bits per heavy atom. The van der Waals surface area contributed by atoms with Crippen LogP contribution in [0.25, 0.3) is 5.65 Å². The van der Waals surface area contributed by atoms with Gasteiger partial charge in [0, 0.05) is 12.2 Å². The molecule has 0 radical (unpaired) electrons. The van der Waals surface area contributed by atoms with E-state index in [1.54, 1.807) is 11.3 Å². The van der Waals surface area contributed by atoms with Crippen molar-refractivity contribution in [2.24, 2.45) is 0 Å². The number of nitrogens with one attached hydrogen (secondary N) is 1. The minimum atomic E-state index is 0.313.